The molecule has 1 aromatic carbocycles. The molecule has 0 amide bonds. The van der Waals surface area contributed by atoms with Crippen LogP contribution in [0.15, 0.2) is 47.4 Å². The average molecular weight is 293 g/mol. The summed E-state index contributed by atoms with van der Waals surface area (Å²) in [5.74, 6) is 0. The first-order valence-electron chi connectivity index (χ1n) is 7.27. The van der Waals surface area contributed by atoms with Crippen molar-refractivity contribution >= 4 is 0 Å². The van der Waals surface area contributed by atoms with Crippen LogP contribution in [0.5, 0.6) is 0 Å². The van der Waals surface area contributed by atoms with E-state index >= 15 is 0 Å². The van der Waals surface area contributed by atoms with E-state index in [2.05, 4.69) is 5.10 Å². The topological polar surface area (TPSA) is 39.8 Å². The minimum Gasteiger partial charge on any atom is -0.284 e. The Labute approximate surface area is 129 Å². The molecule has 3 rings (SSSR count). The molecule has 0 aliphatic heterocycles. The molecule has 22 heavy (non-hydrogen) atoms. The Balaban J connectivity index is 2.21. The number of benzene rings is 1. The molecular weight excluding hydrogens is 274 g/mol. The summed E-state index contributed by atoms with van der Waals surface area (Å²) in [6, 6.07) is 11.4. The normalized spacial score (nSPS) is 10.9. The number of aryl methyl sites for hydroxylation is 3. The zero-order valence-electron chi connectivity index (χ0n) is 13.3. The first-order valence-corrected chi connectivity index (χ1v) is 7.27. The van der Waals surface area contributed by atoms with Gasteiger partial charge in [-0.05, 0) is 44.5 Å². The molecule has 2 heterocycles. The summed E-state index contributed by atoms with van der Waals surface area (Å²) in [4.78, 5) is 12.2. The van der Waals surface area contributed by atoms with Gasteiger partial charge < -0.3 is 0 Å². The molecule has 0 saturated carbocycles. The molecule has 0 fully saturated rings. The van der Waals surface area contributed by atoms with Crippen molar-refractivity contribution in [3.8, 4) is 16.8 Å². The highest BCUT2D eigenvalue weighted by Gasteiger charge is 2.13. The van der Waals surface area contributed by atoms with Crippen LogP contribution >= 0.6 is 0 Å². The van der Waals surface area contributed by atoms with Crippen LogP contribution in [-0.2, 0) is 7.05 Å². The largest absolute Gasteiger partial charge is 0.284 e. The monoisotopic (exact) mass is 293 g/mol. The summed E-state index contributed by atoms with van der Waals surface area (Å²) < 4.78 is 3.56. The highest BCUT2D eigenvalue weighted by atomic mass is 16.1. The second-order valence-electron chi connectivity index (χ2n) is 5.63. The van der Waals surface area contributed by atoms with E-state index in [4.69, 9.17) is 0 Å². The fourth-order valence-corrected chi connectivity index (χ4v) is 2.81. The third-order valence-electron chi connectivity index (χ3n) is 3.99. The standard InChI is InChI=1S/C18H19N3O/c1-12-6-5-7-16(10-12)21-11-15(8-9-17(21)22)18-13(2)19-20(4)14(18)3/h5-11H,1-4H3. The van der Waals surface area contributed by atoms with E-state index in [1.165, 1.54) is 0 Å². The summed E-state index contributed by atoms with van der Waals surface area (Å²) in [6.45, 7) is 6.05. The highest BCUT2D eigenvalue weighted by Crippen LogP contribution is 2.26. The van der Waals surface area contributed by atoms with E-state index in [1.54, 1.807) is 10.6 Å². The Kier molecular flexibility index (Phi) is 3.45. The van der Waals surface area contributed by atoms with E-state index in [-0.39, 0.29) is 5.56 Å². The smallest absolute Gasteiger partial charge is 0.255 e. The van der Waals surface area contributed by atoms with Gasteiger partial charge in [0.15, 0.2) is 0 Å². The minimum atomic E-state index is -0.0338. The van der Waals surface area contributed by atoms with Crippen LogP contribution in [0.2, 0.25) is 0 Å². The maximum Gasteiger partial charge on any atom is 0.255 e. The first-order chi connectivity index (χ1) is 10.5. The quantitative estimate of drug-likeness (QED) is 0.728. The molecule has 4 heteroatoms. The van der Waals surface area contributed by atoms with Gasteiger partial charge in [-0.2, -0.15) is 5.10 Å². The summed E-state index contributed by atoms with van der Waals surface area (Å²) in [6.07, 6.45) is 1.90. The lowest BCUT2D eigenvalue weighted by atomic mass is 10.1. The molecule has 3 aromatic rings. The molecule has 0 spiro atoms. The average Bonchev–Trinajstić information content (AvgIpc) is 2.73. The SMILES string of the molecule is Cc1cccc(-n2cc(-c3c(C)nn(C)c3C)ccc2=O)c1. The van der Waals surface area contributed by atoms with Crippen molar-refractivity contribution in [2.75, 3.05) is 0 Å². The van der Waals surface area contributed by atoms with Crippen LogP contribution in [0.25, 0.3) is 16.8 Å². The third kappa shape index (κ3) is 2.37. The van der Waals surface area contributed by atoms with Crippen molar-refractivity contribution in [3.05, 3.63) is 69.9 Å². The second-order valence-corrected chi connectivity index (χ2v) is 5.63. The highest BCUT2D eigenvalue weighted by molar-refractivity contribution is 5.68. The Bertz CT molecular complexity index is 903. The van der Waals surface area contributed by atoms with Crippen LogP contribution in [-0.4, -0.2) is 14.3 Å². The van der Waals surface area contributed by atoms with E-state index in [0.29, 0.717) is 0 Å². The Morgan fingerprint density at radius 3 is 2.45 bits per heavy atom. The Morgan fingerprint density at radius 1 is 1.05 bits per heavy atom. The van der Waals surface area contributed by atoms with Crippen LogP contribution in [0.3, 0.4) is 0 Å². The molecular formula is C18H19N3O. The predicted molar refractivity (Wildman–Crippen MR) is 88.5 cm³/mol. The molecule has 0 atom stereocenters. The van der Waals surface area contributed by atoms with Crippen molar-refractivity contribution in [2.24, 2.45) is 7.05 Å². The fraction of sp³-hybridized carbons (Fsp3) is 0.222. The van der Waals surface area contributed by atoms with Crippen molar-refractivity contribution in [1.82, 2.24) is 14.3 Å². The van der Waals surface area contributed by atoms with Crippen LogP contribution < -0.4 is 5.56 Å². The third-order valence-corrected chi connectivity index (χ3v) is 3.99. The van der Waals surface area contributed by atoms with Crippen molar-refractivity contribution < 1.29 is 0 Å². The van der Waals surface area contributed by atoms with Crippen LogP contribution in [0.1, 0.15) is 17.0 Å². The lowest BCUT2D eigenvalue weighted by Crippen LogP contribution is -2.16. The molecule has 0 bridgehead atoms. The molecule has 0 radical (unpaired) electrons. The van der Waals surface area contributed by atoms with Gasteiger partial charge in [0, 0.05) is 41.8 Å². The van der Waals surface area contributed by atoms with Gasteiger partial charge in [-0.3, -0.25) is 14.0 Å². The molecule has 112 valence electrons. The number of pyridine rings is 1. The van der Waals surface area contributed by atoms with Gasteiger partial charge in [0.1, 0.15) is 0 Å². The summed E-state index contributed by atoms with van der Waals surface area (Å²) >= 11 is 0. The summed E-state index contributed by atoms with van der Waals surface area (Å²) in [5.41, 5.74) is 6.12. The van der Waals surface area contributed by atoms with Gasteiger partial charge in [-0.25, -0.2) is 0 Å². The Hall–Kier alpha value is -2.62. The lowest BCUT2D eigenvalue weighted by molar-refractivity contribution is 0.731. The molecule has 0 aliphatic rings. The molecule has 0 aliphatic carbocycles. The van der Waals surface area contributed by atoms with Gasteiger partial charge in [-0.1, -0.05) is 12.1 Å². The Morgan fingerprint density at radius 2 is 1.82 bits per heavy atom. The van der Waals surface area contributed by atoms with Gasteiger partial charge in [0.2, 0.25) is 0 Å². The van der Waals surface area contributed by atoms with E-state index in [9.17, 15) is 4.79 Å². The van der Waals surface area contributed by atoms with Crippen LogP contribution in [0.4, 0.5) is 0 Å². The number of aromatic nitrogens is 3. The molecule has 2 aromatic heterocycles. The van der Waals surface area contributed by atoms with E-state index in [0.717, 1.165) is 33.8 Å². The number of hydrogen-bond acceptors (Lipinski definition) is 2. The number of nitrogens with zero attached hydrogens (tertiary/aromatic N) is 3. The van der Waals surface area contributed by atoms with Gasteiger partial charge in [0.05, 0.1) is 5.69 Å². The molecule has 4 nitrogen and oxygen atoms in total. The van der Waals surface area contributed by atoms with Gasteiger partial charge in [0.25, 0.3) is 5.56 Å². The minimum absolute atomic E-state index is 0.0338. The molecule has 0 unspecified atom stereocenters. The van der Waals surface area contributed by atoms with Crippen molar-refractivity contribution in [1.29, 1.82) is 0 Å². The predicted octanol–water partition coefficient (Wildman–Crippen LogP) is 3.16. The van der Waals surface area contributed by atoms with Gasteiger partial charge in [-0.15, -0.1) is 0 Å². The van der Waals surface area contributed by atoms with E-state index < -0.39 is 0 Å². The summed E-state index contributed by atoms with van der Waals surface area (Å²) in [5, 5.41) is 4.46. The maximum atomic E-state index is 12.2. The lowest BCUT2D eigenvalue weighted by Gasteiger charge is -2.09. The zero-order chi connectivity index (χ0) is 15.9. The fourth-order valence-electron chi connectivity index (χ4n) is 2.81. The zero-order valence-corrected chi connectivity index (χ0v) is 13.3. The second kappa shape index (κ2) is 5.30. The molecule has 0 N–H and O–H groups in total. The van der Waals surface area contributed by atoms with E-state index in [1.807, 2.05) is 69.0 Å². The molecule has 0 saturated heterocycles. The van der Waals surface area contributed by atoms with Gasteiger partial charge >= 0.3 is 0 Å². The first kappa shape index (κ1) is 14.3. The summed E-state index contributed by atoms with van der Waals surface area (Å²) in [7, 11) is 1.93. The van der Waals surface area contributed by atoms with Crippen molar-refractivity contribution in [2.45, 2.75) is 20.8 Å². The number of rotatable bonds is 2. The maximum absolute atomic E-state index is 12.2. The number of hydrogen-bond donors (Lipinski definition) is 0. The van der Waals surface area contributed by atoms with Crippen molar-refractivity contribution in [3.63, 3.8) is 0 Å². The van der Waals surface area contributed by atoms with Crippen LogP contribution in [0, 0.1) is 20.8 Å².